The predicted molar refractivity (Wildman–Crippen MR) is 66.5 cm³/mol. The molecule has 0 amide bonds. The Labute approximate surface area is 104 Å². The van der Waals surface area contributed by atoms with Crippen molar-refractivity contribution < 1.29 is 4.74 Å². The molecule has 17 heavy (non-hydrogen) atoms. The van der Waals surface area contributed by atoms with E-state index in [2.05, 4.69) is 14.3 Å². The van der Waals surface area contributed by atoms with Gasteiger partial charge in [0.25, 0.3) is 0 Å². The van der Waals surface area contributed by atoms with E-state index in [1.54, 1.807) is 13.3 Å². The highest BCUT2D eigenvalue weighted by atomic mass is 32.1. The van der Waals surface area contributed by atoms with Crippen LogP contribution in [0.4, 0.5) is 0 Å². The fourth-order valence-corrected chi connectivity index (χ4v) is 2.00. The van der Waals surface area contributed by atoms with Gasteiger partial charge in [0.05, 0.1) is 18.3 Å². The van der Waals surface area contributed by atoms with Gasteiger partial charge in [0.2, 0.25) is 0 Å². The van der Waals surface area contributed by atoms with Gasteiger partial charge in [0.15, 0.2) is 5.82 Å². The van der Waals surface area contributed by atoms with E-state index in [1.165, 1.54) is 11.5 Å². The van der Waals surface area contributed by atoms with E-state index in [4.69, 9.17) is 10.5 Å². The summed E-state index contributed by atoms with van der Waals surface area (Å²) in [5, 5.41) is 0.838. The van der Waals surface area contributed by atoms with E-state index >= 15 is 0 Å². The molecule has 2 aromatic heterocycles. The Morgan fingerprint density at radius 2 is 2.35 bits per heavy atom. The summed E-state index contributed by atoms with van der Waals surface area (Å²) in [6.45, 7) is 2.38. The largest absolute Gasteiger partial charge is 0.378 e. The highest BCUT2D eigenvalue weighted by Gasteiger charge is 2.10. The van der Waals surface area contributed by atoms with Gasteiger partial charge in [0, 0.05) is 18.9 Å². The summed E-state index contributed by atoms with van der Waals surface area (Å²) < 4.78 is 9.33. The van der Waals surface area contributed by atoms with Crippen LogP contribution in [0.5, 0.6) is 0 Å². The van der Waals surface area contributed by atoms with Crippen molar-refractivity contribution in [3.05, 3.63) is 29.0 Å². The van der Waals surface area contributed by atoms with Gasteiger partial charge in [-0.25, -0.2) is 4.98 Å². The molecule has 0 aliphatic rings. The molecular formula is C11H14N4OS. The van der Waals surface area contributed by atoms with Gasteiger partial charge >= 0.3 is 0 Å². The Balaban J connectivity index is 2.28. The fraction of sp³-hybridized carbons (Fsp3) is 0.364. The molecule has 0 spiro atoms. The molecule has 0 aliphatic carbocycles. The third kappa shape index (κ3) is 2.85. The van der Waals surface area contributed by atoms with Crippen molar-refractivity contribution in [1.29, 1.82) is 0 Å². The van der Waals surface area contributed by atoms with E-state index in [1.807, 2.05) is 19.1 Å². The lowest BCUT2D eigenvalue weighted by molar-refractivity contribution is 0.181. The summed E-state index contributed by atoms with van der Waals surface area (Å²) in [4.78, 5) is 8.59. The van der Waals surface area contributed by atoms with Crippen molar-refractivity contribution in [1.82, 2.24) is 14.3 Å². The van der Waals surface area contributed by atoms with Crippen LogP contribution in [-0.4, -0.2) is 21.5 Å². The van der Waals surface area contributed by atoms with Crippen LogP contribution < -0.4 is 5.73 Å². The standard InChI is InChI=1S/C11H14N4OS/c1-7(12)11-14-10(15-17-11)8-3-4-13-9(5-8)6-16-2/h3-5,7H,6,12H2,1-2H3. The zero-order valence-corrected chi connectivity index (χ0v) is 10.6. The third-order valence-corrected chi connectivity index (χ3v) is 3.11. The minimum Gasteiger partial charge on any atom is -0.378 e. The molecule has 0 radical (unpaired) electrons. The number of methoxy groups -OCH3 is 1. The van der Waals surface area contributed by atoms with E-state index in [0.29, 0.717) is 12.4 Å². The molecule has 0 fully saturated rings. The molecule has 1 unspecified atom stereocenters. The molecule has 5 nitrogen and oxygen atoms in total. The van der Waals surface area contributed by atoms with Gasteiger partial charge in [-0.15, -0.1) is 0 Å². The Kier molecular flexibility index (Phi) is 3.78. The predicted octanol–water partition coefficient (Wildman–Crippen LogP) is 1.77. The highest BCUT2D eigenvalue weighted by Crippen LogP contribution is 2.21. The molecule has 0 saturated carbocycles. The molecule has 2 rings (SSSR count). The van der Waals surface area contributed by atoms with Gasteiger partial charge < -0.3 is 10.5 Å². The summed E-state index contributed by atoms with van der Waals surface area (Å²) in [5.74, 6) is 0.696. The van der Waals surface area contributed by atoms with E-state index in [9.17, 15) is 0 Å². The molecule has 0 aromatic carbocycles. The first-order valence-corrected chi connectivity index (χ1v) is 6.01. The number of nitrogens with two attached hydrogens (primary N) is 1. The smallest absolute Gasteiger partial charge is 0.173 e. The summed E-state index contributed by atoms with van der Waals surface area (Å²) >= 11 is 1.33. The maximum Gasteiger partial charge on any atom is 0.173 e. The first-order chi connectivity index (χ1) is 8.20. The van der Waals surface area contributed by atoms with Gasteiger partial charge in [-0.3, -0.25) is 4.98 Å². The van der Waals surface area contributed by atoms with Crippen molar-refractivity contribution in [3.8, 4) is 11.4 Å². The average Bonchev–Trinajstić information content (AvgIpc) is 2.79. The van der Waals surface area contributed by atoms with Crippen molar-refractivity contribution >= 4 is 11.5 Å². The maximum atomic E-state index is 5.76. The SMILES string of the molecule is COCc1cc(-c2nsc(C(C)N)n2)ccn1. The maximum absolute atomic E-state index is 5.76. The Hall–Kier alpha value is -1.37. The van der Waals surface area contributed by atoms with Crippen molar-refractivity contribution in [2.45, 2.75) is 19.6 Å². The highest BCUT2D eigenvalue weighted by molar-refractivity contribution is 7.05. The Morgan fingerprint density at radius 3 is 3.00 bits per heavy atom. The summed E-state index contributed by atoms with van der Waals surface area (Å²) in [7, 11) is 1.64. The van der Waals surface area contributed by atoms with Crippen LogP contribution in [0.15, 0.2) is 18.3 Å². The summed E-state index contributed by atoms with van der Waals surface area (Å²) in [6, 6.07) is 3.73. The molecule has 0 aliphatic heterocycles. The summed E-state index contributed by atoms with van der Waals surface area (Å²) in [6.07, 6.45) is 1.73. The third-order valence-electron chi connectivity index (χ3n) is 2.20. The summed E-state index contributed by atoms with van der Waals surface area (Å²) in [5.41, 5.74) is 7.56. The lowest BCUT2D eigenvalue weighted by Gasteiger charge is -2.00. The second kappa shape index (κ2) is 5.31. The van der Waals surface area contributed by atoms with Crippen LogP contribution >= 0.6 is 11.5 Å². The van der Waals surface area contributed by atoms with Crippen LogP contribution in [0.1, 0.15) is 23.7 Å². The number of pyridine rings is 1. The number of hydrogen-bond donors (Lipinski definition) is 1. The molecule has 0 saturated heterocycles. The molecular weight excluding hydrogens is 236 g/mol. The van der Waals surface area contributed by atoms with E-state index in [0.717, 1.165) is 16.3 Å². The van der Waals surface area contributed by atoms with Crippen LogP contribution in [0, 0.1) is 0 Å². The van der Waals surface area contributed by atoms with E-state index in [-0.39, 0.29) is 6.04 Å². The zero-order chi connectivity index (χ0) is 12.3. The lowest BCUT2D eigenvalue weighted by atomic mass is 10.2. The van der Waals surface area contributed by atoms with E-state index < -0.39 is 0 Å². The monoisotopic (exact) mass is 250 g/mol. The van der Waals surface area contributed by atoms with Crippen molar-refractivity contribution in [2.75, 3.05) is 7.11 Å². The molecule has 90 valence electrons. The van der Waals surface area contributed by atoms with Crippen LogP contribution in [-0.2, 0) is 11.3 Å². The van der Waals surface area contributed by atoms with Crippen LogP contribution in [0.2, 0.25) is 0 Å². The first-order valence-electron chi connectivity index (χ1n) is 5.24. The second-order valence-electron chi connectivity index (χ2n) is 3.71. The Bertz CT molecular complexity index is 498. The molecule has 2 aromatic rings. The molecule has 2 heterocycles. The molecule has 1 atom stereocenters. The minimum atomic E-state index is -0.0819. The quantitative estimate of drug-likeness (QED) is 0.895. The number of aromatic nitrogens is 3. The zero-order valence-electron chi connectivity index (χ0n) is 9.75. The van der Waals surface area contributed by atoms with Gasteiger partial charge in [-0.05, 0) is 30.6 Å². The number of ether oxygens (including phenoxy) is 1. The van der Waals surface area contributed by atoms with Crippen LogP contribution in [0.25, 0.3) is 11.4 Å². The Morgan fingerprint density at radius 1 is 1.53 bits per heavy atom. The molecule has 2 N–H and O–H groups in total. The minimum absolute atomic E-state index is 0.0819. The van der Waals surface area contributed by atoms with Gasteiger partial charge in [0.1, 0.15) is 5.01 Å². The normalized spacial score (nSPS) is 12.6. The first kappa shape index (κ1) is 12.1. The topological polar surface area (TPSA) is 73.9 Å². The van der Waals surface area contributed by atoms with Gasteiger partial charge in [-0.1, -0.05) is 0 Å². The van der Waals surface area contributed by atoms with Gasteiger partial charge in [-0.2, -0.15) is 4.37 Å². The van der Waals surface area contributed by atoms with Crippen molar-refractivity contribution in [3.63, 3.8) is 0 Å². The van der Waals surface area contributed by atoms with Crippen LogP contribution in [0.3, 0.4) is 0 Å². The van der Waals surface area contributed by atoms with Crippen molar-refractivity contribution in [2.24, 2.45) is 5.73 Å². The number of hydrogen-bond acceptors (Lipinski definition) is 6. The number of rotatable bonds is 4. The molecule has 6 heteroatoms. The fourth-order valence-electron chi connectivity index (χ4n) is 1.38. The number of nitrogens with zero attached hydrogens (tertiary/aromatic N) is 3. The lowest BCUT2D eigenvalue weighted by Crippen LogP contribution is -2.03. The molecule has 0 bridgehead atoms. The second-order valence-corrected chi connectivity index (χ2v) is 4.50. The average molecular weight is 250 g/mol.